The lowest BCUT2D eigenvalue weighted by atomic mass is 10.1. The third-order valence-corrected chi connectivity index (χ3v) is 4.25. The minimum atomic E-state index is -2.52. The van der Waals surface area contributed by atoms with Gasteiger partial charge in [0.25, 0.3) is 0 Å². The van der Waals surface area contributed by atoms with Gasteiger partial charge in [0.2, 0.25) is 5.88 Å². The van der Waals surface area contributed by atoms with Crippen LogP contribution in [0, 0.1) is 17.6 Å². The van der Waals surface area contributed by atoms with Crippen LogP contribution in [0.25, 0.3) is 0 Å². The van der Waals surface area contributed by atoms with Gasteiger partial charge in [0.1, 0.15) is 18.2 Å². The molecule has 6 heteroatoms. The standard InChI is InChI=1S/C18H23F2N3O/c1-21-10-16-9-18(23(22-16)11-13-4-2-3-5-13)24-12-14-8-15(19)6-7-17(14)20/h6-9,13,21H,2-5,10-12H2,1H3/i12D2. The van der Waals surface area contributed by atoms with Gasteiger partial charge in [-0.05, 0) is 44.0 Å². The average Bonchev–Trinajstić information content (AvgIpc) is 3.21. The Morgan fingerprint density at radius 2 is 2.12 bits per heavy atom. The van der Waals surface area contributed by atoms with Gasteiger partial charge in [-0.25, -0.2) is 13.5 Å². The van der Waals surface area contributed by atoms with Crippen molar-refractivity contribution < 1.29 is 16.3 Å². The quantitative estimate of drug-likeness (QED) is 0.838. The van der Waals surface area contributed by atoms with E-state index in [0.29, 0.717) is 24.7 Å². The molecule has 4 nitrogen and oxygen atoms in total. The fourth-order valence-electron chi connectivity index (χ4n) is 3.05. The van der Waals surface area contributed by atoms with Crippen molar-refractivity contribution in [1.29, 1.82) is 0 Å². The van der Waals surface area contributed by atoms with Crippen LogP contribution in [0.3, 0.4) is 0 Å². The second kappa shape index (κ2) is 7.75. The number of nitrogens with one attached hydrogen (secondary N) is 1. The van der Waals surface area contributed by atoms with Gasteiger partial charge in [0.05, 0.1) is 8.44 Å². The first-order valence-electron chi connectivity index (χ1n) is 9.25. The number of rotatable bonds is 7. The summed E-state index contributed by atoms with van der Waals surface area (Å²) in [5, 5.41) is 7.47. The molecule has 0 bridgehead atoms. The zero-order valence-corrected chi connectivity index (χ0v) is 13.7. The molecule has 0 atom stereocenters. The Hall–Kier alpha value is -1.95. The zero-order chi connectivity index (χ0) is 18.7. The van der Waals surface area contributed by atoms with Gasteiger partial charge in [-0.2, -0.15) is 5.10 Å². The topological polar surface area (TPSA) is 39.1 Å². The summed E-state index contributed by atoms with van der Waals surface area (Å²) in [6.45, 7) is -1.39. The van der Waals surface area contributed by atoms with Crippen molar-refractivity contribution in [2.45, 2.75) is 45.3 Å². The van der Waals surface area contributed by atoms with Crippen LogP contribution >= 0.6 is 0 Å². The molecule has 1 aromatic heterocycles. The van der Waals surface area contributed by atoms with Gasteiger partial charge in [0.15, 0.2) is 0 Å². The molecule has 1 aliphatic rings. The summed E-state index contributed by atoms with van der Waals surface area (Å²) < 4.78 is 50.8. The van der Waals surface area contributed by atoms with E-state index in [9.17, 15) is 8.78 Å². The molecule has 1 N–H and O–H groups in total. The van der Waals surface area contributed by atoms with E-state index < -0.39 is 23.8 Å². The molecule has 130 valence electrons. The first-order valence-corrected chi connectivity index (χ1v) is 8.25. The summed E-state index contributed by atoms with van der Waals surface area (Å²) >= 11 is 0. The Balaban J connectivity index is 1.87. The molecule has 1 heterocycles. The number of benzene rings is 1. The van der Waals surface area contributed by atoms with Crippen molar-refractivity contribution in [1.82, 2.24) is 15.1 Å². The maximum atomic E-state index is 14.0. The van der Waals surface area contributed by atoms with E-state index in [-0.39, 0.29) is 5.88 Å². The highest BCUT2D eigenvalue weighted by molar-refractivity contribution is 5.20. The predicted octanol–water partition coefficient (Wildman–Crippen LogP) is 3.65. The van der Waals surface area contributed by atoms with Crippen LogP contribution in [0.1, 0.15) is 39.7 Å². The van der Waals surface area contributed by atoms with E-state index in [1.165, 1.54) is 12.8 Å². The van der Waals surface area contributed by atoms with Gasteiger partial charge in [0, 0.05) is 24.7 Å². The lowest BCUT2D eigenvalue weighted by Crippen LogP contribution is -2.12. The maximum Gasteiger partial charge on any atom is 0.212 e. The van der Waals surface area contributed by atoms with Crippen LogP contribution in [0.5, 0.6) is 5.88 Å². The third-order valence-electron chi connectivity index (χ3n) is 4.25. The molecule has 1 fully saturated rings. The summed E-state index contributed by atoms with van der Waals surface area (Å²) in [7, 11) is 1.79. The molecule has 2 aromatic rings. The van der Waals surface area contributed by atoms with Crippen molar-refractivity contribution in [3.63, 3.8) is 0 Å². The Bertz CT molecular complexity index is 761. The molecule has 0 amide bonds. The number of halogens is 2. The zero-order valence-electron chi connectivity index (χ0n) is 15.7. The van der Waals surface area contributed by atoms with Crippen molar-refractivity contribution in [2.24, 2.45) is 5.92 Å². The SMILES string of the molecule is [2H]C([2H])(Oc1cc(CNC)nn1CC1CCCC1)c1cc(F)ccc1F. The predicted molar refractivity (Wildman–Crippen MR) is 87.6 cm³/mol. The first kappa shape index (κ1) is 14.4. The van der Waals surface area contributed by atoms with E-state index in [0.717, 1.165) is 31.0 Å². The number of ether oxygens (including phenoxy) is 1. The lowest BCUT2D eigenvalue weighted by Gasteiger charge is -2.13. The molecule has 0 aliphatic heterocycles. The summed E-state index contributed by atoms with van der Waals surface area (Å²) in [4.78, 5) is 0. The normalized spacial score (nSPS) is 17.0. The van der Waals surface area contributed by atoms with Crippen LogP contribution in [0.15, 0.2) is 24.3 Å². The largest absolute Gasteiger partial charge is 0.473 e. The van der Waals surface area contributed by atoms with Crippen molar-refractivity contribution in [2.75, 3.05) is 7.05 Å². The Labute approximate surface area is 143 Å². The highest BCUT2D eigenvalue weighted by Crippen LogP contribution is 2.28. The van der Waals surface area contributed by atoms with E-state index >= 15 is 0 Å². The molecule has 0 saturated heterocycles. The smallest absolute Gasteiger partial charge is 0.212 e. The fraction of sp³-hybridized carbons (Fsp3) is 0.500. The van der Waals surface area contributed by atoms with Gasteiger partial charge >= 0.3 is 0 Å². The van der Waals surface area contributed by atoms with Crippen molar-refractivity contribution in [3.8, 4) is 5.88 Å². The minimum absolute atomic E-state index is 0.218. The molecule has 0 radical (unpaired) electrons. The van der Waals surface area contributed by atoms with Crippen LogP contribution < -0.4 is 10.1 Å². The summed E-state index contributed by atoms with van der Waals surface area (Å²) in [6.07, 6.45) is 4.57. The molecule has 0 spiro atoms. The number of aromatic nitrogens is 2. The molecule has 1 aliphatic carbocycles. The molecule has 0 unspecified atom stereocenters. The Kier molecular flexibility index (Phi) is 4.65. The van der Waals surface area contributed by atoms with Crippen LogP contribution in [-0.2, 0) is 19.6 Å². The van der Waals surface area contributed by atoms with Crippen molar-refractivity contribution >= 4 is 0 Å². The molecule has 1 saturated carbocycles. The van der Waals surface area contributed by atoms with Crippen LogP contribution in [0.2, 0.25) is 0 Å². The fourth-order valence-corrected chi connectivity index (χ4v) is 3.05. The Morgan fingerprint density at radius 1 is 1.33 bits per heavy atom. The summed E-state index contributed by atoms with van der Waals surface area (Å²) in [5.74, 6) is -0.884. The molecule has 24 heavy (non-hydrogen) atoms. The highest BCUT2D eigenvalue weighted by Gasteiger charge is 2.19. The van der Waals surface area contributed by atoms with Crippen molar-refractivity contribution in [3.05, 3.63) is 47.2 Å². The molecular formula is C18H23F2N3O. The Morgan fingerprint density at radius 3 is 2.88 bits per heavy atom. The van der Waals surface area contributed by atoms with Gasteiger partial charge < -0.3 is 10.1 Å². The molecular weight excluding hydrogens is 312 g/mol. The van der Waals surface area contributed by atoms with Crippen LogP contribution in [-0.4, -0.2) is 16.8 Å². The molecule has 3 rings (SSSR count). The van der Waals surface area contributed by atoms with Crippen LogP contribution in [0.4, 0.5) is 8.78 Å². The lowest BCUT2D eigenvalue weighted by molar-refractivity contribution is 0.257. The third kappa shape index (κ3) is 4.12. The van der Waals surface area contributed by atoms with E-state index in [2.05, 4.69) is 10.4 Å². The van der Waals surface area contributed by atoms with E-state index in [4.69, 9.17) is 7.48 Å². The second-order valence-electron chi connectivity index (χ2n) is 6.17. The summed E-state index contributed by atoms with van der Waals surface area (Å²) in [5.41, 5.74) is 0.234. The highest BCUT2D eigenvalue weighted by atomic mass is 19.1. The average molecular weight is 337 g/mol. The van der Waals surface area contributed by atoms with Gasteiger partial charge in [-0.3, -0.25) is 0 Å². The number of nitrogens with zero attached hydrogens (tertiary/aromatic N) is 2. The monoisotopic (exact) mass is 337 g/mol. The second-order valence-corrected chi connectivity index (χ2v) is 6.17. The maximum absolute atomic E-state index is 14.0. The van der Waals surface area contributed by atoms with E-state index in [1.807, 2.05) is 0 Å². The number of hydrogen-bond acceptors (Lipinski definition) is 3. The van der Waals surface area contributed by atoms with Gasteiger partial charge in [-0.15, -0.1) is 0 Å². The summed E-state index contributed by atoms with van der Waals surface area (Å²) in [6, 6.07) is 4.31. The van der Waals surface area contributed by atoms with E-state index in [1.54, 1.807) is 17.8 Å². The number of hydrogen-bond donors (Lipinski definition) is 1. The first-order chi connectivity index (χ1) is 12.4. The minimum Gasteiger partial charge on any atom is -0.473 e. The molecule has 1 aromatic carbocycles. The van der Waals surface area contributed by atoms with Gasteiger partial charge in [-0.1, -0.05) is 12.8 Å².